The van der Waals surface area contributed by atoms with Crippen LogP contribution in [0.2, 0.25) is 0 Å². The third-order valence-electron chi connectivity index (χ3n) is 2.60. The molecule has 0 saturated heterocycles. The van der Waals surface area contributed by atoms with Crippen LogP contribution in [-0.2, 0) is 0 Å². The van der Waals surface area contributed by atoms with Gasteiger partial charge in [-0.05, 0) is 38.1 Å². The summed E-state index contributed by atoms with van der Waals surface area (Å²) in [5.74, 6) is 0.867. The summed E-state index contributed by atoms with van der Waals surface area (Å²) in [5.41, 5.74) is 0.855. The van der Waals surface area contributed by atoms with Crippen molar-refractivity contribution in [1.82, 2.24) is 20.8 Å². The molecule has 0 spiro atoms. The molecule has 20 heavy (non-hydrogen) atoms. The number of rotatable bonds is 4. The van der Waals surface area contributed by atoms with Gasteiger partial charge in [-0.15, -0.1) is 0 Å². The lowest BCUT2D eigenvalue weighted by atomic mass is 10.2. The number of aromatic nitrogens is 2. The maximum absolute atomic E-state index is 11.4. The first-order valence-electron chi connectivity index (χ1n) is 6.24. The average Bonchev–Trinajstić information content (AvgIpc) is 2.89. The zero-order valence-corrected chi connectivity index (χ0v) is 12.8. The number of hydrogen-bond donors (Lipinski definition) is 2. The Hall–Kier alpha value is -1.89. The van der Waals surface area contributed by atoms with Crippen molar-refractivity contribution in [3.05, 3.63) is 34.6 Å². The highest BCUT2D eigenvalue weighted by Crippen LogP contribution is 2.20. The Kier molecular flexibility index (Phi) is 4.73. The van der Waals surface area contributed by atoms with Gasteiger partial charge < -0.3 is 15.2 Å². The van der Waals surface area contributed by atoms with E-state index in [-0.39, 0.29) is 12.1 Å². The third kappa shape index (κ3) is 3.57. The summed E-state index contributed by atoms with van der Waals surface area (Å²) >= 11 is 3.37. The number of benzene rings is 1. The lowest BCUT2D eigenvalue weighted by molar-refractivity contribution is 0.234. The second-order valence-electron chi connectivity index (χ2n) is 4.19. The van der Waals surface area contributed by atoms with Gasteiger partial charge in [0, 0.05) is 16.6 Å². The predicted octanol–water partition coefficient (Wildman–Crippen LogP) is 2.88. The second kappa shape index (κ2) is 6.51. The van der Waals surface area contributed by atoms with Gasteiger partial charge in [-0.1, -0.05) is 21.1 Å². The summed E-state index contributed by atoms with van der Waals surface area (Å²) in [5, 5.41) is 9.28. The molecule has 0 fully saturated rings. The van der Waals surface area contributed by atoms with Crippen molar-refractivity contribution >= 4 is 22.0 Å². The summed E-state index contributed by atoms with van der Waals surface area (Å²) in [7, 11) is 0. The molecular weight excluding hydrogens is 324 g/mol. The highest BCUT2D eigenvalue weighted by Gasteiger charge is 2.16. The highest BCUT2D eigenvalue weighted by atomic mass is 79.9. The number of hydrogen-bond acceptors (Lipinski definition) is 4. The number of halogens is 1. The number of nitrogens with one attached hydrogen (secondary N) is 2. The monoisotopic (exact) mass is 338 g/mol. The van der Waals surface area contributed by atoms with Gasteiger partial charge in [0.1, 0.15) is 6.04 Å². The van der Waals surface area contributed by atoms with Gasteiger partial charge in [0.25, 0.3) is 0 Å². The first kappa shape index (κ1) is 14.5. The lowest BCUT2D eigenvalue weighted by Crippen LogP contribution is -2.36. The molecule has 0 bridgehead atoms. The number of carbonyl (C=O) groups excluding carboxylic acids is 1. The van der Waals surface area contributed by atoms with Gasteiger partial charge in [0.2, 0.25) is 11.7 Å². The molecule has 2 aromatic rings. The van der Waals surface area contributed by atoms with Crippen LogP contribution in [-0.4, -0.2) is 22.7 Å². The van der Waals surface area contributed by atoms with E-state index in [4.69, 9.17) is 4.52 Å². The third-order valence-corrected chi connectivity index (χ3v) is 3.13. The van der Waals surface area contributed by atoms with E-state index in [0.717, 1.165) is 10.0 Å². The molecule has 0 aliphatic heterocycles. The van der Waals surface area contributed by atoms with Gasteiger partial charge >= 0.3 is 6.03 Å². The standard InChI is InChI=1S/C13H15BrN4O2/c1-3-15-13(19)16-8(2)12-17-11(18-20-12)9-4-6-10(14)7-5-9/h4-8H,3H2,1-2H3,(H2,15,16,19)/t8-/m1/s1. The van der Waals surface area contributed by atoms with E-state index in [1.54, 1.807) is 6.92 Å². The molecule has 7 heteroatoms. The smallest absolute Gasteiger partial charge is 0.315 e. The summed E-state index contributed by atoms with van der Waals surface area (Å²) in [6, 6.07) is 6.98. The summed E-state index contributed by atoms with van der Waals surface area (Å²) in [4.78, 5) is 15.7. The molecule has 2 rings (SSSR count). The topological polar surface area (TPSA) is 80.0 Å². The first-order chi connectivity index (χ1) is 9.60. The fraction of sp³-hybridized carbons (Fsp3) is 0.308. The Balaban J connectivity index is 2.08. The van der Waals surface area contributed by atoms with Gasteiger partial charge in [-0.2, -0.15) is 4.98 Å². The van der Waals surface area contributed by atoms with Gasteiger partial charge in [-0.25, -0.2) is 4.79 Å². The van der Waals surface area contributed by atoms with Crippen molar-refractivity contribution in [1.29, 1.82) is 0 Å². The van der Waals surface area contributed by atoms with Gasteiger partial charge in [0.05, 0.1) is 0 Å². The SMILES string of the molecule is CCNC(=O)N[C@H](C)c1nc(-c2ccc(Br)cc2)no1. The van der Waals surface area contributed by atoms with Crippen LogP contribution in [0.15, 0.2) is 33.3 Å². The molecule has 1 heterocycles. The Morgan fingerprint density at radius 2 is 2.10 bits per heavy atom. The lowest BCUT2D eigenvalue weighted by Gasteiger charge is -2.09. The highest BCUT2D eigenvalue weighted by molar-refractivity contribution is 9.10. The molecule has 0 unspecified atom stereocenters. The van der Waals surface area contributed by atoms with Crippen LogP contribution in [0.25, 0.3) is 11.4 Å². The van der Waals surface area contributed by atoms with Gasteiger partial charge in [-0.3, -0.25) is 0 Å². The maximum Gasteiger partial charge on any atom is 0.315 e. The number of nitrogens with zero attached hydrogens (tertiary/aromatic N) is 2. The molecule has 0 aliphatic carbocycles. The van der Waals surface area contributed by atoms with Crippen LogP contribution >= 0.6 is 15.9 Å². The van der Waals surface area contributed by atoms with Crippen molar-refractivity contribution in [2.24, 2.45) is 0 Å². The normalized spacial score (nSPS) is 11.9. The van der Waals surface area contributed by atoms with E-state index in [9.17, 15) is 4.79 Å². The first-order valence-corrected chi connectivity index (χ1v) is 7.03. The summed E-state index contributed by atoms with van der Waals surface area (Å²) in [6.45, 7) is 4.20. The van der Waals surface area contributed by atoms with Gasteiger partial charge in [0.15, 0.2) is 0 Å². The van der Waals surface area contributed by atoms with E-state index >= 15 is 0 Å². The Labute approximate surface area is 125 Å². The zero-order chi connectivity index (χ0) is 14.5. The minimum Gasteiger partial charge on any atom is -0.338 e. The van der Waals surface area contributed by atoms with E-state index < -0.39 is 0 Å². The minimum absolute atomic E-state index is 0.261. The number of amides is 2. The Bertz CT molecular complexity index is 582. The van der Waals surface area contributed by atoms with E-state index in [2.05, 4.69) is 36.7 Å². The quantitative estimate of drug-likeness (QED) is 0.898. The summed E-state index contributed by atoms with van der Waals surface area (Å²) < 4.78 is 6.16. The van der Waals surface area contributed by atoms with Crippen LogP contribution in [0.3, 0.4) is 0 Å². The molecule has 2 N–H and O–H groups in total. The second-order valence-corrected chi connectivity index (χ2v) is 5.10. The fourth-order valence-corrected chi connectivity index (χ4v) is 1.86. The Morgan fingerprint density at radius 1 is 1.40 bits per heavy atom. The van der Waals surface area contributed by atoms with Crippen LogP contribution in [0, 0.1) is 0 Å². The molecule has 1 aromatic carbocycles. The van der Waals surface area contributed by atoms with E-state index in [1.807, 2.05) is 31.2 Å². The number of carbonyl (C=O) groups is 1. The van der Waals surface area contributed by atoms with E-state index in [0.29, 0.717) is 18.3 Å². The molecule has 1 aromatic heterocycles. The molecule has 6 nitrogen and oxygen atoms in total. The predicted molar refractivity (Wildman–Crippen MR) is 78.1 cm³/mol. The minimum atomic E-state index is -0.349. The van der Waals surface area contributed by atoms with E-state index in [1.165, 1.54) is 0 Å². The van der Waals surface area contributed by atoms with Crippen molar-refractivity contribution in [3.8, 4) is 11.4 Å². The molecule has 0 aliphatic rings. The maximum atomic E-state index is 11.4. The fourth-order valence-electron chi connectivity index (χ4n) is 1.60. The largest absolute Gasteiger partial charge is 0.338 e. The molecule has 0 radical (unpaired) electrons. The Morgan fingerprint density at radius 3 is 2.75 bits per heavy atom. The van der Waals surface area contributed by atoms with Crippen molar-refractivity contribution in [3.63, 3.8) is 0 Å². The average molecular weight is 339 g/mol. The zero-order valence-electron chi connectivity index (χ0n) is 11.2. The molecule has 2 amide bonds. The van der Waals surface area contributed by atoms with Crippen molar-refractivity contribution in [2.45, 2.75) is 19.9 Å². The van der Waals surface area contributed by atoms with Crippen LogP contribution in [0.4, 0.5) is 4.79 Å². The van der Waals surface area contributed by atoms with Crippen LogP contribution in [0.5, 0.6) is 0 Å². The number of urea groups is 1. The van der Waals surface area contributed by atoms with Crippen molar-refractivity contribution < 1.29 is 9.32 Å². The molecule has 106 valence electrons. The molecule has 0 saturated carbocycles. The summed E-state index contributed by atoms with van der Waals surface area (Å²) in [6.07, 6.45) is 0. The van der Waals surface area contributed by atoms with Crippen molar-refractivity contribution in [2.75, 3.05) is 6.54 Å². The molecule has 1 atom stereocenters. The van der Waals surface area contributed by atoms with Crippen LogP contribution in [0.1, 0.15) is 25.8 Å². The van der Waals surface area contributed by atoms with Crippen LogP contribution < -0.4 is 10.6 Å². The molecular formula is C13H15BrN4O2.